The average Bonchev–Trinajstić information content (AvgIpc) is 3.07. The number of halogens is 1. The first kappa shape index (κ1) is 18.5. The van der Waals surface area contributed by atoms with Crippen LogP contribution in [0.15, 0.2) is 54.6 Å². The van der Waals surface area contributed by atoms with Crippen LogP contribution >= 0.6 is 11.6 Å². The van der Waals surface area contributed by atoms with Crippen molar-refractivity contribution in [3.05, 3.63) is 70.9 Å². The Hall–Kier alpha value is -3.32. The van der Waals surface area contributed by atoms with Gasteiger partial charge in [0.25, 0.3) is 11.8 Å². The highest BCUT2D eigenvalue weighted by Gasteiger charge is 2.22. The number of rotatable bonds is 4. The van der Waals surface area contributed by atoms with Gasteiger partial charge in [-0.1, -0.05) is 41.9 Å². The molecule has 0 bridgehead atoms. The predicted molar refractivity (Wildman–Crippen MR) is 102 cm³/mol. The highest BCUT2D eigenvalue weighted by molar-refractivity contribution is 6.31. The van der Waals surface area contributed by atoms with Gasteiger partial charge in [0.1, 0.15) is 11.7 Å². The molecule has 0 aliphatic heterocycles. The molecule has 0 saturated heterocycles. The molecule has 1 atom stereocenters. The molecule has 1 heterocycles. The van der Waals surface area contributed by atoms with E-state index in [-0.39, 0.29) is 11.6 Å². The Morgan fingerprint density at radius 3 is 2.44 bits per heavy atom. The number of nitrogens with one attached hydrogen (secondary N) is 4. The summed E-state index contributed by atoms with van der Waals surface area (Å²) in [6, 6.07) is 14.6. The Morgan fingerprint density at radius 2 is 1.74 bits per heavy atom. The average molecular weight is 385 g/mol. The van der Waals surface area contributed by atoms with Crippen molar-refractivity contribution in [3.63, 3.8) is 0 Å². The predicted octanol–water partition coefficient (Wildman–Crippen LogP) is 2.46. The maximum absolute atomic E-state index is 12.5. The topological polar surface area (TPSA) is 103 Å². The molecule has 3 amide bonds. The molecule has 1 aromatic heterocycles. The number of carbonyl (C=O) groups excluding carboxylic acids is 3. The Kier molecular flexibility index (Phi) is 5.42. The monoisotopic (exact) mass is 384 g/mol. The third kappa shape index (κ3) is 4.45. The van der Waals surface area contributed by atoms with E-state index in [1.165, 1.54) is 6.92 Å². The number of aromatic amines is 1. The van der Waals surface area contributed by atoms with E-state index in [0.717, 1.165) is 10.9 Å². The van der Waals surface area contributed by atoms with Crippen molar-refractivity contribution >= 4 is 40.2 Å². The smallest absolute Gasteiger partial charge is 0.286 e. The largest absolute Gasteiger partial charge is 0.350 e. The Bertz CT molecular complexity index is 1000. The second-order valence-corrected chi connectivity index (χ2v) is 6.34. The van der Waals surface area contributed by atoms with Crippen LogP contribution < -0.4 is 16.2 Å². The van der Waals surface area contributed by atoms with Gasteiger partial charge in [0.15, 0.2) is 0 Å². The molecule has 138 valence electrons. The molecule has 0 saturated carbocycles. The number of carbonyl (C=O) groups is 3. The van der Waals surface area contributed by atoms with E-state index in [9.17, 15) is 14.4 Å². The van der Waals surface area contributed by atoms with Gasteiger partial charge < -0.3 is 10.3 Å². The highest BCUT2D eigenvalue weighted by atomic mass is 35.5. The zero-order valence-corrected chi connectivity index (χ0v) is 15.1. The lowest BCUT2D eigenvalue weighted by Gasteiger charge is -2.18. The molecule has 0 aliphatic carbocycles. The maximum Gasteiger partial charge on any atom is 0.286 e. The summed E-state index contributed by atoms with van der Waals surface area (Å²) >= 11 is 5.94. The van der Waals surface area contributed by atoms with Gasteiger partial charge in [-0.3, -0.25) is 25.2 Å². The summed E-state index contributed by atoms with van der Waals surface area (Å²) in [5, 5.41) is 3.90. The van der Waals surface area contributed by atoms with Crippen molar-refractivity contribution in [2.24, 2.45) is 0 Å². The molecule has 2 aromatic carbocycles. The van der Waals surface area contributed by atoms with Gasteiger partial charge >= 0.3 is 0 Å². The SMILES string of the molecule is CC(=O)NC(C(=O)NNC(=O)c1cc2cc(Cl)ccc2[nH]1)c1ccccc1. The van der Waals surface area contributed by atoms with Crippen molar-refractivity contribution < 1.29 is 14.4 Å². The molecule has 4 N–H and O–H groups in total. The number of fused-ring (bicyclic) bond motifs is 1. The van der Waals surface area contributed by atoms with Gasteiger partial charge in [0, 0.05) is 22.8 Å². The van der Waals surface area contributed by atoms with Crippen LogP contribution in [0, 0.1) is 0 Å². The van der Waals surface area contributed by atoms with Gasteiger partial charge in [-0.2, -0.15) is 0 Å². The van der Waals surface area contributed by atoms with E-state index in [2.05, 4.69) is 21.2 Å². The quantitative estimate of drug-likeness (QED) is 0.519. The molecule has 0 aliphatic rings. The molecule has 0 radical (unpaired) electrons. The second-order valence-electron chi connectivity index (χ2n) is 5.90. The first-order valence-corrected chi connectivity index (χ1v) is 8.52. The van der Waals surface area contributed by atoms with E-state index in [4.69, 9.17) is 11.6 Å². The third-order valence-corrected chi connectivity index (χ3v) is 4.10. The maximum atomic E-state index is 12.5. The van der Waals surface area contributed by atoms with Gasteiger partial charge in [-0.25, -0.2) is 0 Å². The number of hydrazine groups is 1. The molecule has 27 heavy (non-hydrogen) atoms. The van der Waals surface area contributed by atoms with Crippen molar-refractivity contribution in [2.75, 3.05) is 0 Å². The molecule has 7 nitrogen and oxygen atoms in total. The number of aromatic nitrogens is 1. The van der Waals surface area contributed by atoms with Crippen LogP contribution in [-0.2, 0) is 9.59 Å². The van der Waals surface area contributed by atoms with Crippen LogP contribution in [0.4, 0.5) is 0 Å². The first-order chi connectivity index (χ1) is 12.9. The van der Waals surface area contributed by atoms with Crippen molar-refractivity contribution in [3.8, 4) is 0 Å². The lowest BCUT2D eigenvalue weighted by Crippen LogP contribution is -2.47. The highest BCUT2D eigenvalue weighted by Crippen LogP contribution is 2.20. The van der Waals surface area contributed by atoms with E-state index in [1.54, 1.807) is 54.6 Å². The molecule has 3 rings (SSSR count). The normalized spacial score (nSPS) is 11.6. The van der Waals surface area contributed by atoms with Crippen LogP contribution in [0.1, 0.15) is 29.0 Å². The number of benzene rings is 2. The third-order valence-electron chi connectivity index (χ3n) is 3.87. The first-order valence-electron chi connectivity index (χ1n) is 8.14. The van der Waals surface area contributed by atoms with Crippen LogP contribution in [0.2, 0.25) is 5.02 Å². The standard InChI is InChI=1S/C19H17ClN4O3/c1-11(25)21-17(12-5-3-2-4-6-12)19(27)24-23-18(26)16-10-13-9-14(20)7-8-15(13)22-16/h2-10,17,22H,1H3,(H,21,25)(H,23,26)(H,24,27). The van der Waals surface area contributed by atoms with Gasteiger partial charge in [0.05, 0.1) is 0 Å². The number of hydrogen-bond acceptors (Lipinski definition) is 3. The molecule has 8 heteroatoms. The van der Waals surface area contributed by atoms with Crippen molar-refractivity contribution in [1.82, 2.24) is 21.2 Å². The minimum absolute atomic E-state index is 0.267. The van der Waals surface area contributed by atoms with Crippen molar-refractivity contribution in [1.29, 1.82) is 0 Å². The fourth-order valence-electron chi connectivity index (χ4n) is 2.63. The van der Waals surface area contributed by atoms with E-state index in [0.29, 0.717) is 10.6 Å². The lowest BCUT2D eigenvalue weighted by molar-refractivity contribution is -0.128. The zero-order valence-electron chi connectivity index (χ0n) is 14.4. The fraction of sp³-hybridized carbons (Fsp3) is 0.105. The number of amides is 3. The number of hydrogen-bond donors (Lipinski definition) is 4. The van der Waals surface area contributed by atoms with E-state index >= 15 is 0 Å². The van der Waals surface area contributed by atoms with Crippen LogP contribution in [0.3, 0.4) is 0 Å². The van der Waals surface area contributed by atoms with E-state index in [1.807, 2.05) is 0 Å². The summed E-state index contributed by atoms with van der Waals surface area (Å²) in [4.78, 5) is 39.1. The Labute approximate surface area is 160 Å². The summed E-state index contributed by atoms with van der Waals surface area (Å²) in [7, 11) is 0. The Balaban J connectivity index is 1.70. The fourth-order valence-corrected chi connectivity index (χ4v) is 2.81. The van der Waals surface area contributed by atoms with Gasteiger partial charge in [-0.15, -0.1) is 0 Å². The van der Waals surface area contributed by atoms with Gasteiger partial charge in [-0.05, 0) is 29.8 Å². The Morgan fingerprint density at radius 1 is 1.00 bits per heavy atom. The molecule has 1 unspecified atom stereocenters. The minimum Gasteiger partial charge on any atom is -0.350 e. The van der Waals surface area contributed by atoms with Crippen molar-refractivity contribution in [2.45, 2.75) is 13.0 Å². The molecule has 0 fully saturated rings. The molecular weight excluding hydrogens is 368 g/mol. The summed E-state index contributed by atoms with van der Waals surface area (Å²) in [6.45, 7) is 1.32. The zero-order chi connectivity index (χ0) is 19.4. The van der Waals surface area contributed by atoms with Gasteiger partial charge in [0.2, 0.25) is 5.91 Å². The molecule has 0 spiro atoms. The van der Waals surface area contributed by atoms with Crippen LogP contribution in [0.25, 0.3) is 10.9 Å². The van der Waals surface area contributed by atoms with E-state index < -0.39 is 17.9 Å². The summed E-state index contributed by atoms with van der Waals surface area (Å²) < 4.78 is 0. The molecule has 3 aromatic rings. The minimum atomic E-state index is -0.925. The lowest BCUT2D eigenvalue weighted by atomic mass is 10.1. The second kappa shape index (κ2) is 7.92. The summed E-state index contributed by atoms with van der Waals surface area (Å²) in [5.74, 6) is -1.45. The molecular formula is C19H17ClN4O3. The van der Waals surface area contributed by atoms with Crippen LogP contribution in [0.5, 0.6) is 0 Å². The van der Waals surface area contributed by atoms with Crippen LogP contribution in [-0.4, -0.2) is 22.7 Å². The summed E-state index contributed by atoms with van der Waals surface area (Å²) in [5.41, 5.74) is 6.30. The summed E-state index contributed by atoms with van der Waals surface area (Å²) in [6.07, 6.45) is 0. The number of H-pyrrole nitrogens is 1.